The Bertz CT molecular complexity index is 2100. The molecule has 58 heavy (non-hydrogen) atoms. The number of H-pyrrole nitrogens is 1. The highest BCUT2D eigenvalue weighted by atomic mass is 35.5. The van der Waals surface area contributed by atoms with E-state index in [2.05, 4.69) is 22.0 Å². The van der Waals surface area contributed by atoms with Gasteiger partial charge < -0.3 is 29.9 Å². The molecule has 6 rings (SSSR count). The van der Waals surface area contributed by atoms with E-state index >= 15 is 0 Å². The van der Waals surface area contributed by atoms with Crippen molar-refractivity contribution < 1.29 is 37.0 Å². The number of nitrogens with zero attached hydrogens (tertiary/aromatic N) is 6. The number of piperidine rings is 1. The monoisotopic (exact) mass is 826 g/mol. The van der Waals surface area contributed by atoms with Crippen LogP contribution in [-0.2, 0) is 26.9 Å². The first-order valence-electron chi connectivity index (χ1n) is 19.3. The van der Waals surface area contributed by atoms with Gasteiger partial charge in [-0.3, -0.25) is 9.78 Å². The van der Waals surface area contributed by atoms with Gasteiger partial charge in [-0.2, -0.15) is 13.2 Å². The number of piperazine rings is 1. The number of hydrogen-bond donors (Lipinski definition) is 2. The molecule has 2 fully saturated rings. The number of unbranched alkanes of at least 4 members (excludes halogenated alkanes) is 3. The van der Waals surface area contributed by atoms with E-state index in [4.69, 9.17) is 26.8 Å². The van der Waals surface area contributed by atoms with Gasteiger partial charge in [0.1, 0.15) is 5.82 Å². The third-order valence-electron chi connectivity index (χ3n) is 10.3. The fraction of sp³-hybridized carbons (Fsp3) is 0.450. The summed E-state index contributed by atoms with van der Waals surface area (Å²) in [7, 11) is 0. The number of halogens is 4. The molecular formula is C40H46ClF3N8O6. The maximum absolute atomic E-state index is 14.1. The second-order valence-corrected chi connectivity index (χ2v) is 14.7. The van der Waals surface area contributed by atoms with Crippen LogP contribution in [0.4, 0.5) is 29.5 Å². The molecule has 0 aliphatic carbocycles. The Kier molecular flexibility index (Phi) is 13.6. The predicted molar refractivity (Wildman–Crippen MR) is 210 cm³/mol. The Hall–Kier alpha value is -5.58. The van der Waals surface area contributed by atoms with Gasteiger partial charge in [0.15, 0.2) is 11.9 Å². The minimum Gasteiger partial charge on any atom is -0.462 e. The van der Waals surface area contributed by atoms with Crippen LogP contribution in [0.2, 0.25) is 5.02 Å². The number of likely N-dealkylation sites (tertiary alicyclic amines) is 1. The SMILES string of the molecule is CCCCCCOC(=O)c1ccc(N2CCN(C(=O)[C@@H](Cc3cc(Cl)c(N)c(C(F)(F)F)c3)OC(=O)N3CCC(n4nc(-c5ccccc5)[nH]c4=O)CC3)CC2)nc1. The van der Waals surface area contributed by atoms with Gasteiger partial charge in [0.25, 0.3) is 5.91 Å². The Morgan fingerprint density at radius 1 is 0.966 bits per heavy atom. The quantitative estimate of drug-likeness (QED) is 0.0880. The van der Waals surface area contributed by atoms with E-state index in [1.807, 2.05) is 35.2 Å². The molecule has 0 saturated carbocycles. The van der Waals surface area contributed by atoms with Crippen molar-refractivity contribution in [1.82, 2.24) is 29.5 Å². The Labute approximate surface area is 338 Å². The predicted octanol–water partition coefficient (Wildman–Crippen LogP) is 6.36. The van der Waals surface area contributed by atoms with Crippen LogP contribution in [0.3, 0.4) is 0 Å². The number of amides is 2. The minimum absolute atomic E-state index is 0.00548. The van der Waals surface area contributed by atoms with E-state index in [-0.39, 0.29) is 48.5 Å². The van der Waals surface area contributed by atoms with Crippen molar-refractivity contribution in [3.8, 4) is 11.4 Å². The van der Waals surface area contributed by atoms with Gasteiger partial charge in [-0.25, -0.2) is 24.0 Å². The summed E-state index contributed by atoms with van der Waals surface area (Å²) < 4.78 is 54.1. The number of carbonyl (C=O) groups excluding carboxylic acids is 3. The van der Waals surface area contributed by atoms with Crippen molar-refractivity contribution in [2.24, 2.45) is 0 Å². The molecule has 2 aliphatic heterocycles. The fourth-order valence-electron chi connectivity index (χ4n) is 7.05. The number of rotatable bonds is 13. The average molecular weight is 827 g/mol. The fourth-order valence-corrected chi connectivity index (χ4v) is 7.29. The number of alkyl halides is 3. The van der Waals surface area contributed by atoms with Crippen molar-refractivity contribution >= 4 is 41.1 Å². The number of carbonyl (C=O) groups is 3. The van der Waals surface area contributed by atoms with Crippen LogP contribution in [-0.4, -0.2) is 99.5 Å². The number of aromatic amines is 1. The number of pyridine rings is 1. The van der Waals surface area contributed by atoms with Crippen LogP contribution in [0, 0.1) is 0 Å². The van der Waals surface area contributed by atoms with E-state index in [9.17, 15) is 32.3 Å². The lowest BCUT2D eigenvalue weighted by molar-refractivity contribution is -0.141. The molecule has 310 valence electrons. The first kappa shape index (κ1) is 42.0. The summed E-state index contributed by atoms with van der Waals surface area (Å²) >= 11 is 6.11. The van der Waals surface area contributed by atoms with Gasteiger partial charge in [-0.05, 0) is 49.1 Å². The number of hydrogen-bond acceptors (Lipinski definition) is 10. The minimum atomic E-state index is -4.82. The maximum Gasteiger partial charge on any atom is 0.418 e. The number of anilines is 2. The number of esters is 1. The zero-order valence-corrected chi connectivity index (χ0v) is 32.8. The molecule has 14 nitrogen and oxygen atoms in total. The Balaban J connectivity index is 1.11. The number of aromatic nitrogens is 4. The molecule has 2 aliphatic rings. The summed E-state index contributed by atoms with van der Waals surface area (Å²) in [6, 6.07) is 14.2. The van der Waals surface area contributed by atoms with Crippen molar-refractivity contribution in [2.45, 2.75) is 70.2 Å². The highest BCUT2D eigenvalue weighted by Gasteiger charge is 2.37. The van der Waals surface area contributed by atoms with E-state index in [0.717, 1.165) is 37.3 Å². The first-order valence-corrected chi connectivity index (χ1v) is 19.7. The molecule has 2 saturated heterocycles. The van der Waals surface area contributed by atoms with Gasteiger partial charge in [-0.1, -0.05) is 68.1 Å². The van der Waals surface area contributed by atoms with Crippen LogP contribution in [0.25, 0.3) is 11.4 Å². The summed E-state index contributed by atoms with van der Waals surface area (Å²) in [4.78, 5) is 64.9. The van der Waals surface area contributed by atoms with E-state index in [0.29, 0.717) is 49.7 Å². The largest absolute Gasteiger partial charge is 0.462 e. The van der Waals surface area contributed by atoms with Gasteiger partial charge in [-0.15, -0.1) is 5.10 Å². The molecular weight excluding hydrogens is 781 g/mol. The zero-order valence-electron chi connectivity index (χ0n) is 32.0. The number of ether oxygens (including phenoxy) is 2. The summed E-state index contributed by atoms with van der Waals surface area (Å²) in [6.07, 6.45) is -1.42. The van der Waals surface area contributed by atoms with Crippen LogP contribution < -0.4 is 16.3 Å². The second-order valence-electron chi connectivity index (χ2n) is 14.3. The smallest absolute Gasteiger partial charge is 0.418 e. The standard InChI is InChI=1S/C40H46ClF3N8O6/c1-2-3-4-8-21-57-37(54)28-11-12-33(46-25-28)49-17-19-50(20-18-49)36(53)32(24-26-22-30(40(42,43)44)34(45)31(41)23-26)58-39(56)51-15-13-29(14-16-51)52-38(55)47-35(48-52)27-9-6-5-7-10-27/h5-7,9-12,22-23,25,29,32H,2-4,8,13-21,24,45H2,1H3,(H,47,48,55)/t32-/m1/s1. The summed E-state index contributed by atoms with van der Waals surface area (Å²) in [6.45, 7) is 3.88. The van der Waals surface area contributed by atoms with E-state index in [1.165, 1.54) is 26.7 Å². The Morgan fingerprint density at radius 3 is 2.34 bits per heavy atom. The molecule has 2 amide bonds. The molecule has 2 aromatic carbocycles. The topological polar surface area (TPSA) is 169 Å². The number of nitrogen functional groups attached to an aromatic ring is 1. The second kappa shape index (κ2) is 18.8. The summed E-state index contributed by atoms with van der Waals surface area (Å²) in [5.41, 5.74) is 4.54. The molecule has 2 aromatic heterocycles. The molecule has 0 unspecified atom stereocenters. The number of nitrogens with two attached hydrogens (primary N) is 1. The normalized spacial score (nSPS) is 15.6. The van der Waals surface area contributed by atoms with Crippen molar-refractivity contribution in [2.75, 3.05) is 56.5 Å². The molecule has 4 heterocycles. The lowest BCUT2D eigenvalue weighted by atomic mass is 10.0. The lowest BCUT2D eigenvalue weighted by Gasteiger charge is -2.37. The lowest BCUT2D eigenvalue weighted by Crippen LogP contribution is -2.53. The maximum atomic E-state index is 14.1. The van der Waals surface area contributed by atoms with E-state index < -0.39 is 47.9 Å². The number of nitrogens with one attached hydrogen (secondary N) is 1. The van der Waals surface area contributed by atoms with Gasteiger partial charge in [0.2, 0.25) is 0 Å². The van der Waals surface area contributed by atoms with Crippen molar-refractivity contribution in [3.63, 3.8) is 0 Å². The van der Waals surface area contributed by atoms with Crippen LogP contribution in [0.15, 0.2) is 65.6 Å². The molecule has 0 radical (unpaired) electrons. The summed E-state index contributed by atoms with van der Waals surface area (Å²) in [5, 5.41) is 4.13. The van der Waals surface area contributed by atoms with Gasteiger partial charge >= 0.3 is 23.9 Å². The number of benzene rings is 2. The van der Waals surface area contributed by atoms with Crippen LogP contribution >= 0.6 is 11.6 Å². The molecule has 0 bridgehead atoms. The average Bonchev–Trinajstić information content (AvgIpc) is 3.62. The third kappa shape index (κ3) is 10.3. The molecule has 4 aromatic rings. The van der Waals surface area contributed by atoms with E-state index in [1.54, 1.807) is 12.1 Å². The van der Waals surface area contributed by atoms with Crippen molar-refractivity contribution in [3.05, 3.63) is 93.0 Å². The molecule has 0 spiro atoms. The van der Waals surface area contributed by atoms with Gasteiger partial charge in [0.05, 0.1) is 34.5 Å². The zero-order chi connectivity index (χ0) is 41.4. The van der Waals surface area contributed by atoms with Gasteiger partial charge in [0, 0.05) is 57.4 Å². The van der Waals surface area contributed by atoms with Crippen LogP contribution in [0.5, 0.6) is 0 Å². The van der Waals surface area contributed by atoms with Crippen molar-refractivity contribution in [1.29, 1.82) is 0 Å². The van der Waals surface area contributed by atoms with Crippen LogP contribution in [0.1, 0.15) is 73.0 Å². The third-order valence-corrected chi connectivity index (χ3v) is 10.6. The summed E-state index contributed by atoms with van der Waals surface area (Å²) in [5.74, 6) is -0.0367. The molecule has 3 N–H and O–H groups in total. The first-order chi connectivity index (χ1) is 27.8. The molecule has 1 atom stereocenters. The molecule has 18 heteroatoms. The highest BCUT2D eigenvalue weighted by Crippen LogP contribution is 2.38. The Morgan fingerprint density at radius 2 is 1.69 bits per heavy atom. The highest BCUT2D eigenvalue weighted by molar-refractivity contribution is 6.33.